The Hall–Kier alpha value is -2.63. The Bertz CT molecular complexity index is 1100. The molecule has 0 aliphatic heterocycles. The number of rotatable bonds is 4. The molecule has 0 saturated heterocycles. The molecule has 0 atom stereocenters. The average molecular weight is 400 g/mol. The van der Waals surface area contributed by atoms with Gasteiger partial charge in [0.25, 0.3) is 15.9 Å². The van der Waals surface area contributed by atoms with Crippen molar-refractivity contribution < 1.29 is 13.2 Å². The molecule has 0 bridgehead atoms. The van der Waals surface area contributed by atoms with Gasteiger partial charge in [-0.2, -0.15) is 4.31 Å². The van der Waals surface area contributed by atoms with Gasteiger partial charge >= 0.3 is 0 Å². The number of halogens is 1. The van der Waals surface area contributed by atoms with E-state index in [-0.39, 0.29) is 15.5 Å². The number of hydrogen-bond donors (Lipinski definition) is 0. The number of sulfonamides is 1. The fraction of sp³-hybridized carbons (Fsp3) is 0.0952. The fourth-order valence-electron chi connectivity index (χ4n) is 2.73. The molecule has 3 rings (SSSR count). The van der Waals surface area contributed by atoms with Crippen molar-refractivity contribution in [2.24, 2.45) is 0 Å². The van der Waals surface area contributed by atoms with Crippen LogP contribution in [0.2, 0.25) is 5.02 Å². The molecule has 138 valence electrons. The van der Waals surface area contributed by atoms with E-state index in [0.717, 1.165) is 9.87 Å². The van der Waals surface area contributed by atoms with Gasteiger partial charge in [0.15, 0.2) is 0 Å². The Morgan fingerprint density at radius 1 is 0.889 bits per heavy atom. The Labute approximate surface area is 164 Å². The highest BCUT2D eigenvalue weighted by molar-refractivity contribution is 7.93. The molecule has 0 N–H and O–H groups in total. The molecule has 3 aromatic carbocycles. The number of carbonyl (C=O) groups excluding carboxylic acids is 1. The highest BCUT2D eigenvalue weighted by atomic mass is 35.5. The summed E-state index contributed by atoms with van der Waals surface area (Å²) in [4.78, 5) is 13.3. The van der Waals surface area contributed by atoms with Crippen LogP contribution < -0.4 is 4.31 Å². The van der Waals surface area contributed by atoms with Gasteiger partial charge in [-0.1, -0.05) is 54.1 Å². The molecular weight excluding hydrogens is 382 g/mol. The van der Waals surface area contributed by atoms with Crippen molar-refractivity contribution in [2.75, 3.05) is 4.31 Å². The maximum absolute atomic E-state index is 13.4. The van der Waals surface area contributed by atoms with Crippen molar-refractivity contribution in [2.45, 2.75) is 18.7 Å². The zero-order valence-corrected chi connectivity index (χ0v) is 16.5. The molecule has 0 aliphatic rings. The van der Waals surface area contributed by atoms with Crippen molar-refractivity contribution in [3.8, 4) is 0 Å². The van der Waals surface area contributed by atoms with Crippen LogP contribution in [-0.4, -0.2) is 14.3 Å². The molecule has 1 amide bonds. The third kappa shape index (κ3) is 3.75. The van der Waals surface area contributed by atoms with E-state index in [1.54, 1.807) is 55.5 Å². The molecule has 0 fully saturated rings. The molecule has 0 aromatic heterocycles. The lowest BCUT2D eigenvalue weighted by atomic mass is 10.1. The largest absolute Gasteiger partial charge is 0.273 e. The highest BCUT2D eigenvalue weighted by Crippen LogP contribution is 2.31. The second kappa shape index (κ2) is 7.55. The third-order valence-electron chi connectivity index (χ3n) is 4.15. The first kappa shape index (κ1) is 19.1. The van der Waals surface area contributed by atoms with Crippen LogP contribution in [0.15, 0.2) is 77.7 Å². The zero-order chi connectivity index (χ0) is 19.6. The Morgan fingerprint density at radius 3 is 2.19 bits per heavy atom. The molecule has 6 heteroatoms. The van der Waals surface area contributed by atoms with Gasteiger partial charge in [0.05, 0.1) is 21.2 Å². The van der Waals surface area contributed by atoms with E-state index in [9.17, 15) is 13.2 Å². The van der Waals surface area contributed by atoms with E-state index >= 15 is 0 Å². The molecule has 0 radical (unpaired) electrons. The molecule has 0 aliphatic carbocycles. The minimum atomic E-state index is -4.13. The van der Waals surface area contributed by atoms with Gasteiger partial charge in [0.2, 0.25) is 0 Å². The van der Waals surface area contributed by atoms with E-state index in [1.165, 1.54) is 18.2 Å². The van der Waals surface area contributed by atoms with E-state index in [0.29, 0.717) is 11.3 Å². The minimum absolute atomic E-state index is 0.0336. The lowest BCUT2D eigenvalue weighted by molar-refractivity contribution is 0.101. The highest BCUT2D eigenvalue weighted by Gasteiger charge is 2.33. The van der Waals surface area contributed by atoms with Crippen LogP contribution in [0.25, 0.3) is 0 Å². The van der Waals surface area contributed by atoms with Gasteiger partial charge in [-0.05, 0) is 55.3 Å². The molecule has 0 saturated carbocycles. The summed E-state index contributed by atoms with van der Waals surface area (Å²) in [5.74, 6) is -0.696. The van der Waals surface area contributed by atoms with Crippen LogP contribution in [0.5, 0.6) is 0 Å². The number of aryl methyl sites for hydroxylation is 2. The predicted octanol–water partition coefficient (Wildman–Crippen LogP) is 4.99. The number of anilines is 1. The summed E-state index contributed by atoms with van der Waals surface area (Å²) < 4.78 is 27.6. The lowest BCUT2D eigenvalue weighted by Gasteiger charge is -2.25. The molecule has 3 aromatic rings. The first-order valence-corrected chi connectivity index (χ1v) is 10.1. The van der Waals surface area contributed by atoms with Crippen molar-refractivity contribution in [1.29, 1.82) is 0 Å². The van der Waals surface area contributed by atoms with Gasteiger partial charge in [-0.15, -0.1) is 0 Å². The number of benzene rings is 3. The van der Waals surface area contributed by atoms with Crippen LogP contribution in [0.4, 0.5) is 5.69 Å². The smallest absolute Gasteiger partial charge is 0.268 e. The van der Waals surface area contributed by atoms with Crippen LogP contribution >= 0.6 is 11.6 Å². The summed E-state index contributed by atoms with van der Waals surface area (Å²) >= 11 is 6.18. The van der Waals surface area contributed by atoms with Crippen molar-refractivity contribution >= 4 is 33.2 Å². The molecule has 0 unspecified atom stereocenters. The number of carbonyl (C=O) groups is 1. The topological polar surface area (TPSA) is 54.5 Å². The van der Waals surface area contributed by atoms with Gasteiger partial charge in [-0.3, -0.25) is 4.79 Å². The zero-order valence-electron chi connectivity index (χ0n) is 14.9. The van der Waals surface area contributed by atoms with E-state index < -0.39 is 15.9 Å². The average Bonchev–Trinajstić information content (AvgIpc) is 2.65. The van der Waals surface area contributed by atoms with Crippen LogP contribution in [0.3, 0.4) is 0 Å². The first-order chi connectivity index (χ1) is 12.8. The molecule has 0 spiro atoms. The van der Waals surface area contributed by atoms with E-state index in [1.807, 2.05) is 13.0 Å². The van der Waals surface area contributed by atoms with E-state index in [2.05, 4.69) is 0 Å². The maximum atomic E-state index is 13.4. The van der Waals surface area contributed by atoms with Crippen molar-refractivity contribution in [3.63, 3.8) is 0 Å². The molecule has 27 heavy (non-hydrogen) atoms. The van der Waals surface area contributed by atoms with Crippen molar-refractivity contribution in [3.05, 3.63) is 94.5 Å². The SMILES string of the molecule is Cc1ccc(C)c(N(C(=O)c2ccccc2Cl)S(=O)(=O)c2ccccc2)c1. The fourth-order valence-corrected chi connectivity index (χ4v) is 4.43. The summed E-state index contributed by atoms with van der Waals surface area (Å²) in [6.07, 6.45) is 0. The van der Waals surface area contributed by atoms with Crippen LogP contribution in [-0.2, 0) is 10.0 Å². The number of hydrogen-bond acceptors (Lipinski definition) is 3. The molecule has 0 heterocycles. The van der Waals surface area contributed by atoms with Gasteiger partial charge in [0, 0.05) is 0 Å². The standard InChI is InChI=1S/C21H18ClNO3S/c1-15-12-13-16(2)20(14-15)23(21(24)18-10-6-7-11-19(18)22)27(25,26)17-8-4-3-5-9-17/h3-14H,1-2H3. The predicted molar refractivity (Wildman–Crippen MR) is 108 cm³/mol. The van der Waals surface area contributed by atoms with Crippen LogP contribution in [0.1, 0.15) is 21.5 Å². The second-order valence-corrected chi connectivity index (χ2v) is 8.35. The second-order valence-electron chi connectivity index (χ2n) is 6.16. The summed E-state index contributed by atoms with van der Waals surface area (Å²) in [6, 6.07) is 19.6. The maximum Gasteiger partial charge on any atom is 0.273 e. The molecule has 4 nitrogen and oxygen atoms in total. The lowest BCUT2D eigenvalue weighted by Crippen LogP contribution is -2.37. The Kier molecular flexibility index (Phi) is 5.35. The van der Waals surface area contributed by atoms with Gasteiger partial charge in [-0.25, -0.2) is 8.42 Å². The summed E-state index contributed by atoms with van der Waals surface area (Å²) in [7, 11) is -4.13. The minimum Gasteiger partial charge on any atom is -0.268 e. The van der Waals surface area contributed by atoms with E-state index in [4.69, 9.17) is 11.6 Å². The normalized spacial score (nSPS) is 11.2. The summed E-state index contributed by atoms with van der Waals surface area (Å²) in [6.45, 7) is 3.61. The third-order valence-corrected chi connectivity index (χ3v) is 6.19. The van der Waals surface area contributed by atoms with Gasteiger partial charge in [0.1, 0.15) is 0 Å². The van der Waals surface area contributed by atoms with Gasteiger partial charge < -0.3 is 0 Å². The molecular formula is C21H18ClNO3S. The monoisotopic (exact) mass is 399 g/mol. The number of nitrogens with zero attached hydrogens (tertiary/aromatic N) is 1. The Morgan fingerprint density at radius 2 is 1.52 bits per heavy atom. The first-order valence-electron chi connectivity index (χ1n) is 8.29. The quantitative estimate of drug-likeness (QED) is 0.620. The van der Waals surface area contributed by atoms with Crippen LogP contribution in [0, 0.1) is 13.8 Å². The summed E-state index contributed by atoms with van der Waals surface area (Å²) in [5, 5.41) is 0.195. The number of amides is 1. The Balaban J connectivity index is 2.26. The summed E-state index contributed by atoms with van der Waals surface area (Å²) in [5.41, 5.74) is 1.94. The van der Waals surface area contributed by atoms with Crippen molar-refractivity contribution in [1.82, 2.24) is 0 Å².